The lowest BCUT2D eigenvalue weighted by Crippen LogP contribution is -2.41. The molecule has 2 aliphatic heterocycles. The molecule has 0 radical (unpaired) electrons. The van der Waals surface area contributed by atoms with Crippen LogP contribution in [-0.2, 0) is 4.74 Å². The van der Waals surface area contributed by atoms with Gasteiger partial charge in [-0.3, -0.25) is 0 Å². The molecule has 1 aromatic rings. The van der Waals surface area contributed by atoms with E-state index < -0.39 is 0 Å². The lowest BCUT2D eigenvalue weighted by molar-refractivity contribution is -0.0122. The molecule has 1 aromatic carbocycles. The van der Waals surface area contributed by atoms with E-state index in [-0.39, 0.29) is 11.6 Å². The fraction of sp³-hybridized carbons (Fsp3) is 0.625. The molecule has 2 atom stereocenters. The number of fused-ring (bicyclic) bond motifs is 1. The van der Waals surface area contributed by atoms with E-state index in [1.54, 1.807) is 0 Å². The van der Waals surface area contributed by atoms with Crippen molar-refractivity contribution in [3.8, 4) is 11.5 Å². The van der Waals surface area contributed by atoms with Gasteiger partial charge in [0.05, 0.1) is 11.6 Å². The Labute approximate surface area is 120 Å². The Morgan fingerprint density at radius 1 is 1.20 bits per heavy atom. The maximum atomic E-state index is 6.02. The Kier molecular flexibility index (Phi) is 3.85. The van der Waals surface area contributed by atoms with E-state index in [0.717, 1.165) is 37.5 Å². The maximum absolute atomic E-state index is 6.02. The van der Waals surface area contributed by atoms with Crippen molar-refractivity contribution in [1.82, 2.24) is 5.32 Å². The topological polar surface area (TPSA) is 39.7 Å². The number of hydrogen-bond acceptors (Lipinski definition) is 4. The van der Waals surface area contributed by atoms with Crippen LogP contribution in [0.3, 0.4) is 0 Å². The Morgan fingerprint density at radius 3 is 2.70 bits per heavy atom. The molecule has 0 bridgehead atoms. The first kappa shape index (κ1) is 13.7. The van der Waals surface area contributed by atoms with Gasteiger partial charge in [0.15, 0.2) is 11.5 Å². The quantitative estimate of drug-likeness (QED) is 0.918. The Bertz CT molecular complexity index is 469. The number of nitrogens with one attached hydrogen (secondary N) is 1. The third kappa shape index (κ3) is 2.50. The summed E-state index contributed by atoms with van der Waals surface area (Å²) in [5.74, 6) is 1.69. The summed E-state index contributed by atoms with van der Waals surface area (Å²) < 4.78 is 17.3. The Balaban J connectivity index is 1.91. The molecule has 110 valence electrons. The third-order valence-electron chi connectivity index (χ3n) is 4.17. The van der Waals surface area contributed by atoms with Crippen molar-refractivity contribution in [2.24, 2.45) is 0 Å². The Morgan fingerprint density at radius 2 is 2.00 bits per heavy atom. The molecule has 20 heavy (non-hydrogen) atoms. The van der Waals surface area contributed by atoms with Gasteiger partial charge < -0.3 is 19.5 Å². The number of benzene rings is 1. The van der Waals surface area contributed by atoms with Crippen molar-refractivity contribution in [1.29, 1.82) is 0 Å². The van der Waals surface area contributed by atoms with Gasteiger partial charge in [-0.05, 0) is 44.0 Å². The van der Waals surface area contributed by atoms with Crippen molar-refractivity contribution in [3.05, 3.63) is 23.8 Å². The van der Waals surface area contributed by atoms with Crippen molar-refractivity contribution in [2.45, 2.75) is 38.3 Å². The predicted octanol–water partition coefficient (Wildman–Crippen LogP) is 2.68. The molecule has 4 nitrogen and oxygen atoms in total. The minimum Gasteiger partial charge on any atom is -0.486 e. The second-order valence-electron chi connectivity index (χ2n) is 5.66. The zero-order valence-corrected chi connectivity index (χ0v) is 12.3. The molecule has 0 saturated carbocycles. The van der Waals surface area contributed by atoms with Gasteiger partial charge in [0.2, 0.25) is 0 Å². The number of likely N-dealkylation sites (N-methyl/N-ethyl adjacent to an activating group) is 1. The van der Waals surface area contributed by atoms with Gasteiger partial charge in [0.1, 0.15) is 13.2 Å². The van der Waals surface area contributed by atoms with E-state index in [0.29, 0.717) is 13.2 Å². The molecular formula is C16H23NO3. The van der Waals surface area contributed by atoms with Gasteiger partial charge in [-0.1, -0.05) is 13.0 Å². The molecule has 2 heterocycles. The fourth-order valence-electron chi connectivity index (χ4n) is 3.16. The highest BCUT2D eigenvalue weighted by molar-refractivity contribution is 5.45. The first-order chi connectivity index (χ1) is 9.73. The van der Waals surface area contributed by atoms with E-state index in [1.165, 1.54) is 5.56 Å². The maximum Gasteiger partial charge on any atom is 0.161 e. The summed E-state index contributed by atoms with van der Waals surface area (Å²) in [6.45, 7) is 7.34. The van der Waals surface area contributed by atoms with Crippen LogP contribution in [0.15, 0.2) is 18.2 Å². The van der Waals surface area contributed by atoms with Gasteiger partial charge in [-0.25, -0.2) is 0 Å². The monoisotopic (exact) mass is 277 g/mol. The van der Waals surface area contributed by atoms with Crippen LogP contribution in [0.4, 0.5) is 0 Å². The average Bonchev–Trinajstić information content (AvgIpc) is 2.92. The van der Waals surface area contributed by atoms with Gasteiger partial charge >= 0.3 is 0 Å². The second-order valence-corrected chi connectivity index (χ2v) is 5.66. The summed E-state index contributed by atoms with van der Waals surface area (Å²) in [5.41, 5.74) is 1.07. The van der Waals surface area contributed by atoms with E-state index in [2.05, 4.69) is 31.3 Å². The summed E-state index contributed by atoms with van der Waals surface area (Å²) in [4.78, 5) is 0. The summed E-state index contributed by atoms with van der Waals surface area (Å²) in [6.07, 6.45) is 2.21. The zero-order chi connectivity index (χ0) is 14.0. The van der Waals surface area contributed by atoms with Gasteiger partial charge in [-0.2, -0.15) is 0 Å². The van der Waals surface area contributed by atoms with E-state index >= 15 is 0 Å². The van der Waals surface area contributed by atoms with Gasteiger partial charge in [-0.15, -0.1) is 0 Å². The fourth-order valence-corrected chi connectivity index (χ4v) is 3.16. The normalized spacial score (nSPS) is 26.5. The smallest absolute Gasteiger partial charge is 0.161 e. The highest BCUT2D eigenvalue weighted by Gasteiger charge is 2.39. The minimum atomic E-state index is -0.139. The van der Waals surface area contributed by atoms with Crippen LogP contribution in [0.1, 0.15) is 38.3 Å². The summed E-state index contributed by atoms with van der Waals surface area (Å²) in [6, 6.07) is 6.40. The van der Waals surface area contributed by atoms with Crippen molar-refractivity contribution in [2.75, 3.05) is 26.4 Å². The van der Waals surface area contributed by atoms with Crippen molar-refractivity contribution < 1.29 is 14.2 Å². The lowest BCUT2D eigenvalue weighted by Gasteiger charge is -2.35. The van der Waals surface area contributed by atoms with Crippen LogP contribution in [0, 0.1) is 0 Å². The van der Waals surface area contributed by atoms with Crippen molar-refractivity contribution in [3.63, 3.8) is 0 Å². The number of ether oxygens (including phenoxy) is 3. The predicted molar refractivity (Wildman–Crippen MR) is 77.4 cm³/mol. The van der Waals surface area contributed by atoms with E-state index in [1.807, 2.05) is 6.07 Å². The second kappa shape index (κ2) is 5.62. The van der Waals surface area contributed by atoms with E-state index in [4.69, 9.17) is 14.2 Å². The highest BCUT2D eigenvalue weighted by Crippen LogP contribution is 2.40. The molecule has 1 N–H and O–H groups in total. The molecule has 1 fully saturated rings. The summed E-state index contributed by atoms with van der Waals surface area (Å²) in [7, 11) is 0. The number of hydrogen-bond donors (Lipinski definition) is 1. The summed E-state index contributed by atoms with van der Waals surface area (Å²) in [5, 5.41) is 3.57. The van der Waals surface area contributed by atoms with Crippen LogP contribution < -0.4 is 14.8 Å². The molecular weight excluding hydrogens is 254 g/mol. The first-order valence-electron chi connectivity index (χ1n) is 7.50. The largest absolute Gasteiger partial charge is 0.486 e. The van der Waals surface area contributed by atoms with Crippen molar-refractivity contribution >= 4 is 0 Å². The molecule has 0 aliphatic carbocycles. The average molecular weight is 277 g/mol. The molecule has 0 amide bonds. The zero-order valence-electron chi connectivity index (χ0n) is 12.3. The van der Waals surface area contributed by atoms with Gasteiger partial charge in [0.25, 0.3) is 0 Å². The molecule has 0 spiro atoms. The molecule has 1 saturated heterocycles. The molecule has 0 aromatic heterocycles. The standard InChI is InChI=1S/C16H23NO3/c1-3-17-15(16(2)7-4-8-20-16)12-5-6-13-14(11-12)19-10-9-18-13/h5-6,11,15,17H,3-4,7-10H2,1-2H3. The van der Waals surface area contributed by atoms with Gasteiger partial charge in [0, 0.05) is 6.61 Å². The SMILES string of the molecule is CCNC(c1ccc2c(c1)OCCO2)C1(C)CCCO1. The summed E-state index contributed by atoms with van der Waals surface area (Å²) >= 11 is 0. The minimum absolute atomic E-state index is 0.139. The third-order valence-corrected chi connectivity index (χ3v) is 4.17. The van der Waals surface area contributed by atoms with Crippen LogP contribution in [-0.4, -0.2) is 32.0 Å². The van der Waals surface area contributed by atoms with Crippen LogP contribution >= 0.6 is 0 Å². The first-order valence-corrected chi connectivity index (χ1v) is 7.50. The molecule has 4 heteroatoms. The molecule has 2 aliphatic rings. The molecule has 2 unspecified atom stereocenters. The van der Waals surface area contributed by atoms with Crippen LogP contribution in [0.2, 0.25) is 0 Å². The molecule has 3 rings (SSSR count). The Hall–Kier alpha value is -1.26. The lowest BCUT2D eigenvalue weighted by atomic mass is 9.87. The number of rotatable bonds is 4. The highest BCUT2D eigenvalue weighted by atomic mass is 16.6. The van der Waals surface area contributed by atoms with Crippen LogP contribution in [0.25, 0.3) is 0 Å². The van der Waals surface area contributed by atoms with Crippen LogP contribution in [0.5, 0.6) is 11.5 Å². The van der Waals surface area contributed by atoms with E-state index in [9.17, 15) is 0 Å².